The molecule has 2 aliphatic rings. The summed E-state index contributed by atoms with van der Waals surface area (Å²) in [5, 5.41) is 0. The van der Waals surface area contributed by atoms with Gasteiger partial charge >= 0.3 is 0 Å². The van der Waals surface area contributed by atoms with Gasteiger partial charge in [0.05, 0.1) is 0 Å². The summed E-state index contributed by atoms with van der Waals surface area (Å²) in [6.07, 6.45) is 2.32. The van der Waals surface area contributed by atoms with Crippen molar-refractivity contribution >= 4 is 29.9 Å². The molecule has 106 valence electrons. The van der Waals surface area contributed by atoms with Gasteiger partial charge in [-0.1, -0.05) is 6.92 Å². The van der Waals surface area contributed by atoms with Gasteiger partial charge in [-0.25, -0.2) is 8.78 Å². The average Bonchev–Trinajstić information content (AvgIpc) is 2.23. The van der Waals surface area contributed by atoms with Gasteiger partial charge < -0.3 is 10.6 Å². The summed E-state index contributed by atoms with van der Waals surface area (Å²) in [6.45, 7) is 4.54. The lowest BCUT2D eigenvalue weighted by Gasteiger charge is -2.35. The van der Waals surface area contributed by atoms with E-state index in [1.54, 1.807) is 0 Å². The fourth-order valence-electron chi connectivity index (χ4n) is 2.63. The normalized spacial score (nSPS) is 28.5. The summed E-state index contributed by atoms with van der Waals surface area (Å²) < 4.78 is 25.3. The van der Waals surface area contributed by atoms with E-state index >= 15 is 0 Å². The Morgan fingerprint density at radius 3 is 2.67 bits per heavy atom. The molecule has 1 aliphatic carbocycles. The Kier molecular flexibility index (Phi) is 5.61. The molecule has 1 unspecified atom stereocenters. The van der Waals surface area contributed by atoms with Gasteiger partial charge in [0.2, 0.25) is 5.92 Å². The summed E-state index contributed by atoms with van der Waals surface area (Å²) in [6, 6.07) is 0. The first-order chi connectivity index (χ1) is 7.96. The first-order valence-corrected chi connectivity index (χ1v) is 6.39. The number of aliphatic imine (C=N–C) groups is 1. The van der Waals surface area contributed by atoms with Crippen LogP contribution in [-0.2, 0) is 0 Å². The van der Waals surface area contributed by atoms with E-state index in [1.165, 1.54) is 6.42 Å². The van der Waals surface area contributed by atoms with Crippen LogP contribution in [0.1, 0.15) is 32.6 Å². The maximum absolute atomic E-state index is 12.6. The fraction of sp³-hybridized carbons (Fsp3) is 0.917. The molecule has 0 aromatic carbocycles. The fourth-order valence-corrected chi connectivity index (χ4v) is 2.63. The van der Waals surface area contributed by atoms with E-state index in [-0.39, 0.29) is 42.7 Å². The second-order valence-corrected chi connectivity index (χ2v) is 5.52. The first kappa shape index (κ1) is 15.9. The third kappa shape index (κ3) is 4.20. The lowest BCUT2D eigenvalue weighted by Crippen LogP contribution is -2.44. The predicted octanol–water partition coefficient (Wildman–Crippen LogP) is 2.70. The smallest absolute Gasteiger partial charge is 0.248 e. The summed E-state index contributed by atoms with van der Waals surface area (Å²) in [7, 11) is 0. The average molecular weight is 373 g/mol. The molecule has 2 fully saturated rings. The Hall–Kier alpha value is -0.140. The van der Waals surface area contributed by atoms with Crippen LogP contribution in [0.4, 0.5) is 8.78 Å². The van der Waals surface area contributed by atoms with Crippen molar-refractivity contribution in [3.8, 4) is 0 Å². The van der Waals surface area contributed by atoms with Crippen molar-refractivity contribution in [2.75, 3.05) is 19.6 Å². The van der Waals surface area contributed by atoms with E-state index in [0.29, 0.717) is 18.4 Å². The lowest BCUT2D eigenvalue weighted by molar-refractivity contribution is -0.107. The Balaban J connectivity index is 0.00000162. The number of nitrogens with zero attached hydrogens (tertiary/aromatic N) is 2. The second kappa shape index (κ2) is 6.34. The number of hydrogen-bond donors (Lipinski definition) is 1. The van der Waals surface area contributed by atoms with Gasteiger partial charge in [-0.05, 0) is 24.7 Å². The van der Waals surface area contributed by atoms with Crippen molar-refractivity contribution in [1.29, 1.82) is 0 Å². The number of piperidine rings is 1. The first-order valence-electron chi connectivity index (χ1n) is 6.39. The number of hydrogen-bond acceptors (Lipinski definition) is 1. The molecule has 1 saturated carbocycles. The van der Waals surface area contributed by atoms with E-state index in [0.717, 1.165) is 19.5 Å². The maximum atomic E-state index is 12.6. The number of nitrogens with two attached hydrogens (primary N) is 1. The van der Waals surface area contributed by atoms with Gasteiger partial charge in [-0.15, -0.1) is 24.0 Å². The molecule has 1 aliphatic heterocycles. The molecule has 1 atom stereocenters. The molecule has 2 rings (SSSR count). The topological polar surface area (TPSA) is 41.6 Å². The maximum Gasteiger partial charge on any atom is 0.248 e. The monoisotopic (exact) mass is 373 g/mol. The van der Waals surface area contributed by atoms with Gasteiger partial charge in [0, 0.05) is 32.5 Å². The number of likely N-dealkylation sites (tertiary alicyclic amines) is 1. The zero-order valence-corrected chi connectivity index (χ0v) is 13.1. The zero-order chi connectivity index (χ0) is 12.5. The molecule has 6 heteroatoms. The van der Waals surface area contributed by atoms with Crippen LogP contribution in [0.5, 0.6) is 0 Å². The highest BCUT2D eigenvalue weighted by Gasteiger charge is 2.44. The summed E-state index contributed by atoms with van der Waals surface area (Å²) >= 11 is 0. The third-order valence-corrected chi connectivity index (χ3v) is 3.67. The van der Waals surface area contributed by atoms with Crippen molar-refractivity contribution in [1.82, 2.24) is 4.90 Å². The standard InChI is InChI=1S/C12H21F2N3.HI/c1-9-3-2-4-17(8-9)11(15)16-7-10-5-12(13,14)6-10;/h9-10H,2-8H2,1H3,(H2,15,16);1H. The molecule has 0 radical (unpaired) electrons. The van der Waals surface area contributed by atoms with Crippen molar-refractivity contribution in [3.05, 3.63) is 0 Å². The Bertz CT molecular complexity index is 302. The van der Waals surface area contributed by atoms with E-state index in [2.05, 4.69) is 16.8 Å². The van der Waals surface area contributed by atoms with Crippen molar-refractivity contribution < 1.29 is 8.78 Å². The molecule has 18 heavy (non-hydrogen) atoms. The van der Waals surface area contributed by atoms with Crippen LogP contribution in [0.25, 0.3) is 0 Å². The van der Waals surface area contributed by atoms with Gasteiger partial charge in [0.25, 0.3) is 0 Å². The number of rotatable bonds is 2. The van der Waals surface area contributed by atoms with Gasteiger partial charge in [0.15, 0.2) is 5.96 Å². The van der Waals surface area contributed by atoms with E-state index in [4.69, 9.17) is 5.73 Å². The summed E-state index contributed by atoms with van der Waals surface area (Å²) in [5.74, 6) is -1.25. The quantitative estimate of drug-likeness (QED) is 0.460. The van der Waals surface area contributed by atoms with E-state index < -0.39 is 5.92 Å². The van der Waals surface area contributed by atoms with Crippen LogP contribution in [0.3, 0.4) is 0 Å². The van der Waals surface area contributed by atoms with Gasteiger partial charge in [-0.2, -0.15) is 0 Å². The molecule has 0 spiro atoms. The van der Waals surface area contributed by atoms with Crippen LogP contribution >= 0.6 is 24.0 Å². The molecule has 0 aromatic rings. The van der Waals surface area contributed by atoms with E-state index in [1.807, 2.05) is 0 Å². The van der Waals surface area contributed by atoms with Crippen molar-refractivity contribution in [2.24, 2.45) is 22.6 Å². The highest BCUT2D eigenvalue weighted by Crippen LogP contribution is 2.42. The summed E-state index contributed by atoms with van der Waals surface area (Å²) in [5.41, 5.74) is 5.89. The number of alkyl halides is 2. The highest BCUT2D eigenvalue weighted by atomic mass is 127. The molecule has 0 amide bonds. The molecule has 0 aromatic heterocycles. The molecular weight excluding hydrogens is 351 g/mol. The minimum Gasteiger partial charge on any atom is -0.370 e. The van der Waals surface area contributed by atoms with E-state index in [9.17, 15) is 8.78 Å². The minimum absolute atomic E-state index is 0. The lowest BCUT2D eigenvalue weighted by atomic mass is 9.81. The van der Waals surface area contributed by atoms with Crippen LogP contribution in [0.2, 0.25) is 0 Å². The Morgan fingerprint density at radius 1 is 1.44 bits per heavy atom. The third-order valence-electron chi connectivity index (χ3n) is 3.67. The van der Waals surface area contributed by atoms with Crippen molar-refractivity contribution in [3.63, 3.8) is 0 Å². The largest absolute Gasteiger partial charge is 0.370 e. The molecule has 0 bridgehead atoms. The second-order valence-electron chi connectivity index (χ2n) is 5.52. The number of halogens is 3. The SMILES string of the molecule is CC1CCCN(C(N)=NCC2CC(F)(F)C2)C1.I. The van der Waals surface area contributed by atoms with Gasteiger partial charge in [-0.3, -0.25) is 4.99 Å². The van der Waals surface area contributed by atoms with Crippen LogP contribution < -0.4 is 5.73 Å². The van der Waals surface area contributed by atoms with Gasteiger partial charge in [0.1, 0.15) is 0 Å². The van der Waals surface area contributed by atoms with Crippen LogP contribution in [0.15, 0.2) is 4.99 Å². The highest BCUT2D eigenvalue weighted by molar-refractivity contribution is 14.0. The molecule has 2 N–H and O–H groups in total. The number of guanidine groups is 1. The van der Waals surface area contributed by atoms with Crippen LogP contribution in [0, 0.1) is 11.8 Å². The zero-order valence-electron chi connectivity index (χ0n) is 10.7. The predicted molar refractivity (Wildman–Crippen MR) is 79.5 cm³/mol. The molecular formula is C12H22F2IN3. The molecule has 1 heterocycles. The molecule has 3 nitrogen and oxygen atoms in total. The summed E-state index contributed by atoms with van der Waals surface area (Å²) in [4.78, 5) is 6.33. The Morgan fingerprint density at radius 2 is 2.11 bits per heavy atom. The van der Waals surface area contributed by atoms with Crippen molar-refractivity contribution in [2.45, 2.75) is 38.5 Å². The van der Waals surface area contributed by atoms with Crippen LogP contribution in [-0.4, -0.2) is 36.4 Å². The Labute approximate surface area is 124 Å². The molecule has 1 saturated heterocycles. The minimum atomic E-state index is -2.45.